The summed E-state index contributed by atoms with van der Waals surface area (Å²) in [5, 5.41) is 11.4. The maximum absolute atomic E-state index is 13.8. The minimum Gasteiger partial charge on any atom is -0.496 e. The number of rotatable bonds is 6. The summed E-state index contributed by atoms with van der Waals surface area (Å²) in [5.74, 6) is 0.266. The Labute approximate surface area is 157 Å². The molecular formula is C22H24FNO3. The summed E-state index contributed by atoms with van der Waals surface area (Å²) < 4.78 is 21.0. The van der Waals surface area contributed by atoms with Gasteiger partial charge in [-0.2, -0.15) is 0 Å². The van der Waals surface area contributed by atoms with E-state index >= 15 is 0 Å². The van der Waals surface area contributed by atoms with Gasteiger partial charge in [0.1, 0.15) is 11.6 Å². The van der Waals surface area contributed by atoms with Gasteiger partial charge in [-0.05, 0) is 42.2 Å². The zero-order valence-electron chi connectivity index (χ0n) is 15.8. The summed E-state index contributed by atoms with van der Waals surface area (Å²) in [6.45, 7) is 4.25. The second kappa shape index (κ2) is 7.53. The predicted octanol–water partition coefficient (Wildman–Crippen LogP) is 3.88. The largest absolute Gasteiger partial charge is 0.496 e. The number of nitrogens with zero attached hydrogens (tertiary/aromatic N) is 1. The van der Waals surface area contributed by atoms with Crippen molar-refractivity contribution in [2.24, 2.45) is 0 Å². The maximum Gasteiger partial charge on any atom is 0.189 e. The molecule has 3 rings (SSSR count). The van der Waals surface area contributed by atoms with E-state index in [1.165, 1.54) is 18.2 Å². The van der Waals surface area contributed by atoms with E-state index in [1.807, 2.05) is 36.6 Å². The Bertz CT molecular complexity index is 1010. The molecule has 3 aromatic rings. The van der Waals surface area contributed by atoms with Gasteiger partial charge in [-0.25, -0.2) is 4.39 Å². The van der Waals surface area contributed by atoms with Gasteiger partial charge in [0.25, 0.3) is 0 Å². The number of aliphatic hydroxyl groups excluding tert-OH is 1. The molecule has 27 heavy (non-hydrogen) atoms. The first-order chi connectivity index (χ1) is 12.8. The molecular weight excluding hydrogens is 345 g/mol. The van der Waals surface area contributed by atoms with Crippen LogP contribution in [0.5, 0.6) is 5.75 Å². The fourth-order valence-electron chi connectivity index (χ4n) is 3.62. The maximum atomic E-state index is 13.8. The topological polar surface area (TPSA) is 51.5 Å². The molecule has 0 bridgehead atoms. The average molecular weight is 369 g/mol. The van der Waals surface area contributed by atoms with Gasteiger partial charge in [-0.15, -0.1) is 0 Å². The van der Waals surface area contributed by atoms with Crippen molar-refractivity contribution in [3.63, 3.8) is 0 Å². The van der Waals surface area contributed by atoms with Crippen LogP contribution >= 0.6 is 0 Å². The van der Waals surface area contributed by atoms with Gasteiger partial charge in [0.05, 0.1) is 18.7 Å². The number of hydrogen-bond acceptors (Lipinski definition) is 3. The summed E-state index contributed by atoms with van der Waals surface area (Å²) in [6, 6.07) is 13.3. The smallest absolute Gasteiger partial charge is 0.189 e. The molecule has 142 valence electrons. The van der Waals surface area contributed by atoms with E-state index < -0.39 is 11.5 Å². The highest BCUT2D eigenvalue weighted by atomic mass is 19.1. The van der Waals surface area contributed by atoms with Gasteiger partial charge in [-0.1, -0.05) is 26.0 Å². The zero-order chi connectivity index (χ0) is 19.6. The summed E-state index contributed by atoms with van der Waals surface area (Å²) in [7, 11) is 1.55. The lowest BCUT2D eigenvalue weighted by Crippen LogP contribution is -2.28. The lowest BCUT2D eigenvalue weighted by atomic mass is 9.79. The summed E-state index contributed by atoms with van der Waals surface area (Å²) in [5.41, 5.74) is 0.960. The third-order valence-electron chi connectivity index (χ3n) is 4.93. The SMILES string of the molecule is COc1ccc(F)cc1C(C)(C)CC(O)Cn1ccc(=O)c2ccccc21. The van der Waals surface area contributed by atoms with E-state index in [4.69, 9.17) is 4.74 Å². The molecule has 0 radical (unpaired) electrons. The Kier molecular flexibility index (Phi) is 5.33. The standard InChI is InChI=1S/C22H24FNO3/c1-22(2,18-12-15(23)8-9-21(18)27-3)13-16(25)14-24-11-10-20(26)17-6-4-5-7-19(17)24/h4-12,16,25H,13-14H2,1-3H3. The first-order valence-electron chi connectivity index (χ1n) is 8.92. The van der Waals surface area contributed by atoms with Crippen LogP contribution in [0.3, 0.4) is 0 Å². The van der Waals surface area contributed by atoms with Crippen LogP contribution in [-0.2, 0) is 12.0 Å². The Morgan fingerprint density at radius 1 is 1.19 bits per heavy atom. The van der Waals surface area contributed by atoms with E-state index in [-0.39, 0.29) is 11.2 Å². The molecule has 0 aliphatic rings. The molecule has 1 unspecified atom stereocenters. The van der Waals surface area contributed by atoms with E-state index in [0.717, 1.165) is 5.52 Å². The van der Waals surface area contributed by atoms with E-state index in [1.54, 1.807) is 25.4 Å². The number of aliphatic hydroxyl groups is 1. The van der Waals surface area contributed by atoms with Crippen LogP contribution in [0.15, 0.2) is 59.5 Å². The minimum atomic E-state index is -0.682. The second-order valence-electron chi connectivity index (χ2n) is 7.44. The molecule has 0 aliphatic heterocycles. The summed E-state index contributed by atoms with van der Waals surface area (Å²) in [6.07, 6.45) is 1.43. The molecule has 5 heteroatoms. The number of pyridine rings is 1. The average Bonchev–Trinajstić information content (AvgIpc) is 2.64. The zero-order valence-corrected chi connectivity index (χ0v) is 15.8. The Balaban J connectivity index is 1.86. The highest BCUT2D eigenvalue weighted by molar-refractivity contribution is 5.78. The van der Waals surface area contributed by atoms with Gasteiger partial charge in [0.15, 0.2) is 5.43 Å². The predicted molar refractivity (Wildman–Crippen MR) is 105 cm³/mol. The molecule has 0 amide bonds. The molecule has 1 N–H and O–H groups in total. The lowest BCUT2D eigenvalue weighted by Gasteiger charge is -2.30. The molecule has 2 aromatic carbocycles. The third kappa shape index (κ3) is 4.03. The monoisotopic (exact) mass is 369 g/mol. The fraction of sp³-hybridized carbons (Fsp3) is 0.318. The Hall–Kier alpha value is -2.66. The molecule has 0 spiro atoms. The number of fused-ring (bicyclic) bond motifs is 1. The number of benzene rings is 2. The van der Waals surface area contributed by atoms with Crippen LogP contribution in [0.1, 0.15) is 25.8 Å². The number of methoxy groups -OCH3 is 1. The second-order valence-corrected chi connectivity index (χ2v) is 7.44. The first-order valence-corrected chi connectivity index (χ1v) is 8.92. The van der Waals surface area contributed by atoms with E-state index in [2.05, 4.69) is 0 Å². The molecule has 1 heterocycles. The first kappa shape index (κ1) is 19.1. The van der Waals surface area contributed by atoms with Crippen molar-refractivity contribution in [2.75, 3.05) is 7.11 Å². The van der Waals surface area contributed by atoms with Crippen LogP contribution in [-0.4, -0.2) is 22.9 Å². The van der Waals surface area contributed by atoms with Crippen LogP contribution < -0.4 is 10.2 Å². The molecule has 1 atom stereocenters. The molecule has 1 aromatic heterocycles. The highest BCUT2D eigenvalue weighted by Gasteiger charge is 2.28. The number of hydrogen-bond donors (Lipinski definition) is 1. The fourth-order valence-corrected chi connectivity index (χ4v) is 3.62. The van der Waals surface area contributed by atoms with Crippen molar-refractivity contribution in [3.05, 3.63) is 76.3 Å². The number of ether oxygens (including phenoxy) is 1. The van der Waals surface area contributed by atoms with Crippen molar-refractivity contribution in [1.82, 2.24) is 4.57 Å². The van der Waals surface area contributed by atoms with Crippen molar-refractivity contribution in [2.45, 2.75) is 38.3 Å². The highest BCUT2D eigenvalue weighted by Crippen LogP contribution is 2.36. The van der Waals surface area contributed by atoms with E-state index in [9.17, 15) is 14.3 Å². The van der Waals surface area contributed by atoms with Crippen LogP contribution in [0.25, 0.3) is 10.9 Å². The minimum absolute atomic E-state index is 0.0406. The lowest BCUT2D eigenvalue weighted by molar-refractivity contribution is 0.121. The Morgan fingerprint density at radius 3 is 2.67 bits per heavy atom. The normalized spacial score (nSPS) is 12.9. The van der Waals surface area contributed by atoms with Gasteiger partial charge < -0.3 is 14.4 Å². The molecule has 0 saturated heterocycles. The Morgan fingerprint density at radius 2 is 1.93 bits per heavy atom. The molecule has 0 fully saturated rings. The van der Waals surface area contributed by atoms with Gasteiger partial charge in [0.2, 0.25) is 0 Å². The van der Waals surface area contributed by atoms with Gasteiger partial charge in [0, 0.05) is 29.8 Å². The molecule has 0 saturated carbocycles. The van der Waals surface area contributed by atoms with Crippen LogP contribution in [0.4, 0.5) is 4.39 Å². The van der Waals surface area contributed by atoms with Crippen molar-refractivity contribution >= 4 is 10.9 Å². The van der Waals surface area contributed by atoms with Crippen molar-refractivity contribution in [3.8, 4) is 5.75 Å². The third-order valence-corrected chi connectivity index (χ3v) is 4.93. The molecule has 4 nitrogen and oxygen atoms in total. The number of para-hydroxylation sites is 1. The van der Waals surface area contributed by atoms with Crippen LogP contribution in [0.2, 0.25) is 0 Å². The van der Waals surface area contributed by atoms with Crippen molar-refractivity contribution < 1.29 is 14.2 Å². The summed E-state index contributed by atoms with van der Waals surface area (Å²) >= 11 is 0. The number of aromatic nitrogens is 1. The van der Waals surface area contributed by atoms with Gasteiger partial charge in [-0.3, -0.25) is 4.79 Å². The van der Waals surface area contributed by atoms with E-state index in [0.29, 0.717) is 29.7 Å². The summed E-state index contributed by atoms with van der Waals surface area (Å²) in [4.78, 5) is 12.0. The molecule has 0 aliphatic carbocycles. The van der Waals surface area contributed by atoms with Crippen LogP contribution in [0, 0.1) is 5.82 Å². The van der Waals surface area contributed by atoms with Gasteiger partial charge >= 0.3 is 0 Å². The number of halogens is 1. The quantitative estimate of drug-likeness (QED) is 0.717. The van der Waals surface area contributed by atoms with Crippen molar-refractivity contribution in [1.29, 1.82) is 0 Å².